The van der Waals surface area contributed by atoms with Gasteiger partial charge >= 0.3 is 0 Å². The van der Waals surface area contributed by atoms with Gasteiger partial charge in [0.15, 0.2) is 0 Å². The zero-order valence-corrected chi connectivity index (χ0v) is 12.0. The maximum absolute atomic E-state index is 2.08. The van der Waals surface area contributed by atoms with E-state index in [1.807, 2.05) is 52.5 Å². The fraction of sp³-hybridized carbons (Fsp3) is 0.286. The van der Waals surface area contributed by atoms with Crippen LogP contribution in [0.2, 0.25) is 0 Å². The first-order valence-electron chi connectivity index (χ1n) is 5.39. The molecule has 3 heteroatoms. The van der Waals surface area contributed by atoms with Gasteiger partial charge in [0.2, 0.25) is 0 Å². The van der Waals surface area contributed by atoms with Crippen LogP contribution in [0, 0.1) is 0 Å². The average molecular weight is 272 g/mol. The summed E-state index contributed by atoms with van der Waals surface area (Å²) in [7, 11) is 8.15. The Morgan fingerprint density at radius 2 is 0.824 bits per heavy atom. The van der Waals surface area contributed by atoms with E-state index < -0.39 is 0 Å². The molecule has 0 spiro atoms. The summed E-state index contributed by atoms with van der Waals surface area (Å²) in [5, 5.41) is 0. The van der Waals surface area contributed by atoms with Gasteiger partial charge in [0.05, 0.1) is 0 Å². The first-order valence-corrected chi connectivity index (χ1v) is 5.39. The van der Waals surface area contributed by atoms with Crippen molar-refractivity contribution in [1.82, 2.24) is 0 Å². The standard InChI is InChI=1S/2C7H10N.Fe/c2*1-8(2)7-5-3-4-6-7;/h2*3-6H,1-2H3;/q2*-1;. The minimum absolute atomic E-state index is 0. The van der Waals surface area contributed by atoms with E-state index in [1.165, 1.54) is 11.4 Å². The summed E-state index contributed by atoms with van der Waals surface area (Å²) in [6.07, 6.45) is 0. The zero-order valence-electron chi connectivity index (χ0n) is 10.9. The molecule has 0 fully saturated rings. The third kappa shape index (κ3) is 5.62. The molecule has 2 aromatic rings. The Bertz CT molecular complexity index is 323. The van der Waals surface area contributed by atoms with Crippen molar-refractivity contribution in [3.8, 4) is 0 Å². The number of hydrogen-bond acceptors (Lipinski definition) is 2. The van der Waals surface area contributed by atoms with Crippen LogP contribution in [-0.4, -0.2) is 28.2 Å². The van der Waals surface area contributed by atoms with Gasteiger partial charge in [-0.1, -0.05) is 11.4 Å². The van der Waals surface area contributed by atoms with Crippen molar-refractivity contribution in [2.45, 2.75) is 0 Å². The monoisotopic (exact) mass is 272 g/mol. The van der Waals surface area contributed by atoms with E-state index in [9.17, 15) is 0 Å². The Kier molecular flexibility index (Phi) is 7.44. The number of anilines is 2. The van der Waals surface area contributed by atoms with Gasteiger partial charge in [0.25, 0.3) is 0 Å². The zero-order chi connectivity index (χ0) is 12.0. The normalized spacial score (nSPS) is 8.71. The second-order valence-corrected chi connectivity index (χ2v) is 4.08. The molecule has 2 aromatic carbocycles. The molecule has 0 heterocycles. The molecule has 0 aromatic heterocycles. The van der Waals surface area contributed by atoms with Crippen LogP contribution in [-0.2, 0) is 17.1 Å². The summed E-state index contributed by atoms with van der Waals surface area (Å²) in [6.45, 7) is 0. The molecule has 0 bridgehead atoms. The molecule has 0 atom stereocenters. The molecule has 0 saturated carbocycles. The van der Waals surface area contributed by atoms with Gasteiger partial charge < -0.3 is 9.80 Å². The fourth-order valence-corrected chi connectivity index (χ4v) is 1.32. The van der Waals surface area contributed by atoms with Crippen LogP contribution in [0.25, 0.3) is 0 Å². The van der Waals surface area contributed by atoms with Gasteiger partial charge in [0.1, 0.15) is 0 Å². The van der Waals surface area contributed by atoms with E-state index in [0.717, 1.165) is 0 Å². The van der Waals surface area contributed by atoms with Gasteiger partial charge in [-0.2, -0.15) is 24.3 Å². The van der Waals surface area contributed by atoms with Gasteiger partial charge in [-0.15, -0.1) is 0 Å². The maximum Gasteiger partial charge on any atom is 0 e. The quantitative estimate of drug-likeness (QED) is 0.612. The number of rotatable bonds is 2. The van der Waals surface area contributed by atoms with Gasteiger partial charge in [-0.25, -0.2) is 24.3 Å². The maximum atomic E-state index is 2.08. The first kappa shape index (κ1) is 15.8. The van der Waals surface area contributed by atoms with Crippen molar-refractivity contribution >= 4 is 11.4 Å². The molecule has 0 amide bonds. The molecule has 17 heavy (non-hydrogen) atoms. The molecule has 96 valence electrons. The van der Waals surface area contributed by atoms with Crippen molar-refractivity contribution in [3.63, 3.8) is 0 Å². The molecular formula is C14H20FeN2-2. The second kappa shape index (κ2) is 7.99. The van der Waals surface area contributed by atoms with Crippen molar-refractivity contribution < 1.29 is 17.1 Å². The molecule has 0 aliphatic carbocycles. The third-order valence-electron chi connectivity index (χ3n) is 2.32. The second-order valence-electron chi connectivity index (χ2n) is 4.08. The van der Waals surface area contributed by atoms with Crippen LogP contribution < -0.4 is 9.80 Å². The molecule has 0 aliphatic rings. The summed E-state index contributed by atoms with van der Waals surface area (Å²) in [5.74, 6) is 0. The average Bonchev–Trinajstić information content (AvgIpc) is 2.93. The first-order chi connectivity index (χ1) is 7.61. The van der Waals surface area contributed by atoms with Gasteiger partial charge in [-0.05, 0) is 28.2 Å². The van der Waals surface area contributed by atoms with Crippen LogP contribution in [0.15, 0.2) is 48.5 Å². The number of nitrogens with zero attached hydrogens (tertiary/aromatic N) is 2. The topological polar surface area (TPSA) is 6.48 Å². The number of hydrogen-bond donors (Lipinski definition) is 0. The fourth-order valence-electron chi connectivity index (χ4n) is 1.32. The Morgan fingerprint density at radius 3 is 0.941 bits per heavy atom. The molecular weight excluding hydrogens is 252 g/mol. The minimum Gasteiger partial charge on any atom is -0.429 e. The molecule has 0 aliphatic heterocycles. The largest absolute Gasteiger partial charge is 0.429 e. The molecule has 0 N–H and O–H groups in total. The molecule has 2 rings (SSSR count). The SMILES string of the molecule is CN(C)[c-]1cccc1.CN(C)[c-]1cccc1.[Fe]. The Morgan fingerprint density at radius 1 is 0.588 bits per heavy atom. The van der Waals surface area contributed by atoms with Crippen molar-refractivity contribution in [3.05, 3.63) is 48.5 Å². The Balaban J connectivity index is 0.000000284. The summed E-state index contributed by atoms with van der Waals surface area (Å²) in [6, 6.07) is 16.5. The van der Waals surface area contributed by atoms with Gasteiger partial charge in [0, 0.05) is 17.1 Å². The van der Waals surface area contributed by atoms with Gasteiger partial charge in [-0.3, -0.25) is 0 Å². The summed E-state index contributed by atoms with van der Waals surface area (Å²) >= 11 is 0. The van der Waals surface area contributed by atoms with Crippen LogP contribution in [0.1, 0.15) is 0 Å². The predicted octanol–water partition coefficient (Wildman–Crippen LogP) is 2.94. The van der Waals surface area contributed by atoms with Crippen molar-refractivity contribution in [1.29, 1.82) is 0 Å². The van der Waals surface area contributed by atoms with E-state index in [1.54, 1.807) is 0 Å². The molecule has 0 unspecified atom stereocenters. The van der Waals surface area contributed by atoms with E-state index in [4.69, 9.17) is 0 Å². The Hall–Kier alpha value is -1.18. The van der Waals surface area contributed by atoms with E-state index in [2.05, 4.69) is 34.1 Å². The van der Waals surface area contributed by atoms with Crippen LogP contribution in [0.5, 0.6) is 0 Å². The van der Waals surface area contributed by atoms with Crippen LogP contribution >= 0.6 is 0 Å². The summed E-state index contributed by atoms with van der Waals surface area (Å²) in [4.78, 5) is 4.17. The van der Waals surface area contributed by atoms with Crippen molar-refractivity contribution in [2.75, 3.05) is 38.0 Å². The summed E-state index contributed by atoms with van der Waals surface area (Å²) < 4.78 is 0. The van der Waals surface area contributed by atoms with Crippen molar-refractivity contribution in [2.24, 2.45) is 0 Å². The third-order valence-corrected chi connectivity index (χ3v) is 2.32. The molecule has 2 nitrogen and oxygen atoms in total. The van der Waals surface area contributed by atoms with Crippen LogP contribution in [0.3, 0.4) is 0 Å². The van der Waals surface area contributed by atoms with E-state index in [0.29, 0.717) is 0 Å². The van der Waals surface area contributed by atoms with E-state index in [-0.39, 0.29) is 17.1 Å². The predicted molar refractivity (Wildman–Crippen MR) is 72.7 cm³/mol. The van der Waals surface area contributed by atoms with E-state index >= 15 is 0 Å². The summed E-state index contributed by atoms with van der Waals surface area (Å²) in [5.41, 5.74) is 2.54. The minimum atomic E-state index is 0. The molecule has 0 saturated heterocycles. The molecule has 0 radical (unpaired) electrons. The van der Waals surface area contributed by atoms with Crippen LogP contribution in [0.4, 0.5) is 11.4 Å². The smallest absolute Gasteiger partial charge is 0 e. The Labute approximate surface area is 115 Å².